The van der Waals surface area contributed by atoms with Crippen LogP contribution in [0.5, 0.6) is 0 Å². The van der Waals surface area contributed by atoms with Crippen molar-refractivity contribution in [2.45, 2.75) is 19.4 Å². The van der Waals surface area contributed by atoms with Crippen molar-refractivity contribution < 1.29 is 14.3 Å². The van der Waals surface area contributed by atoms with E-state index in [2.05, 4.69) is 5.32 Å². The van der Waals surface area contributed by atoms with E-state index < -0.39 is 12.1 Å². The molecule has 2 rings (SSSR count). The number of carbonyl (C=O) groups excluding carboxylic acids is 2. The van der Waals surface area contributed by atoms with Crippen molar-refractivity contribution in [3.8, 4) is 0 Å². The van der Waals surface area contributed by atoms with Gasteiger partial charge in [-0.3, -0.25) is 4.79 Å². The zero-order valence-corrected chi connectivity index (χ0v) is 13.7. The number of hydrogen-bond acceptors (Lipinski definition) is 4. The first kappa shape index (κ1) is 17.0. The second kappa shape index (κ2) is 8.90. The molecule has 0 saturated carbocycles. The van der Waals surface area contributed by atoms with Crippen LogP contribution in [0.1, 0.15) is 17.4 Å². The summed E-state index contributed by atoms with van der Waals surface area (Å²) in [6.07, 6.45) is 2.93. The molecule has 0 aliphatic rings. The van der Waals surface area contributed by atoms with E-state index >= 15 is 0 Å². The first-order chi connectivity index (χ1) is 11.1. The average Bonchev–Trinajstić information content (AvgIpc) is 3.07. The summed E-state index contributed by atoms with van der Waals surface area (Å²) >= 11 is 1.53. The average molecular weight is 329 g/mol. The summed E-state index contributed by atoms with van der Waals surface area (Å²) in [7, 11) is 0. The molecule has 0 fully saturated rings. The summed E-state index contributed by atoms with van der Waals surface area (Å²) < 4.78 is 5.08. The molecule has 23 heavy (non-hydrogen) atoms. The van der Waals surface area contributed by atoms with Gasteiger partial charge in [-0.25, -0.2) is 4.79 Å². The van der Waals surface area contributed by atoms with Crippen molar-refractivity contribution in [3.05, 3.63) is 64.4 Å². The monoisotopic (exact) mass is 329 g/mol. The molecule has 1 heterocycles. The van der Waals surface area contributed by atoms with E-state index in [0.717, 1.165) is 16.9 Å². The summed E-state index contributed by atoms with van der Waals surface area (Å²) in [4.78, 5) is 24.5. The fraction of sp³-hybridized carbons (Fsp3) is 0.222. The molecule has 1 atom stereocenters. The Labute approximate surface area is 139 Å². The second-order valence-corrected chi connectivity index (χ2v) is 5.93. The Hall–Kier alpha value is -2.40. The molecule has 0 aliphatic carbocycles. The molecule has 1 aromatic carbocycles. The Kier molecular flexibility index (Phi) is 6.56. The topological polar surface area (TPSA) is 55.4 Å². The third kappa shape index (κ3) is 6.08. The molecular formula is C18H19NO3S. The molecule has 0 unspecified atom stereocenters. The summed E-state index contributed by atoms with van der Waals surface area (Å²) in [6, 6.07) is 13.7. The lowest BCUT2D eigenvalue weighted by molar-refractivity contribution is -0.150. The highest BCUT2D eigenvalue weighted by molar-refractivity contribution is 7.10. The van der Waals surface area contributed by atoms with Gasteiger partial charge in [0.25, 0.3) is 5.91 Å². The van der Waals surface area contributed by atoms with Gasteiger partial charge in [0.1, 0.15) is 0 Å². The van der Waals surface area contributed by atoms with Crippen LogP contribution in [0, 0.1) is 0 Å². The minimum absolute atomic E-state index is 0.293. The summed E-state index contributed by atoms with van der Waals surface area (Å²) in [5.41, 5.74) is 1.15. The van der Waals surface area contributed by atoms with E-state index in [1.54, 1.807) is 13.0 Å². The van der Waals surface area contributed by atoms with Crippen LogP contribution >= 0.6 is 11.3 Å². The van der Waals surface area contributed by atoms with Crippen LogP contribution in [0.2, 0.25) is 0 Å². The van der Waals surface area contributed by atoms with Crippen molar-refractivity contribution >= 4 is 29.3 Å². The fourth-order valence-corrected chi connectivity index (χ4v) is 2.54. The van der Waals surface area contributed by atoms with Crippen LogP contribution < -0.4 is 5.32 Å². The van der Waals surface area contributed by atoms with Crippen LogP contribution in [-0.4, -0.2) is 24.5 Å². The fourth-order valence-electron chi connectivity index (χ4n) is 1.92. The summed E-state index contributed by atoms with van der Waals surface area (Å²) in [5.74, 6) is -0.817. The number of rotatable bonds is 7. The SMILES string of the molecule is C[C@@H](OC(=O)/C=C/c1cccs1)C(=O)NCCc1ccccc1. The van der Waals surface area contributed by atoms with Crippen LogP contribution in [0.15, 0.2) is 53.9 Å². The Morgan fingerprint density at radius 1 is 1.22 bits per heavy atom. The molecule has 0 saturated heterocycles. The summed E-state index contributed by atoms with van der Waals surface area (Å²) in [6.45, 7) is 2.07. The van der Waals surface area contributed by atoms with Crippen LogP contribution in [0.4, 0.5) is 0 Å². The van der Waals surface area contributed by atoms with Gasteiger partial charge in [-0.1, -0.05) is 36.4 Å². The van der Waals surface area contributed by atoms with Crippen molar-refractivity contribution in [2.24, 2.45) is 0 Å². The third-order valence-corrected chi connectivity index (χ3v) is 3.98. The van der Waals surface area contributed by atoms with Gasteiger partial charge >= 0.3 is 5.97 Å². The molecule has 0 radical (unpaired) electrons. The van der Waals surface area contributed by atoms with Gasteiger partial charge in [0.2, 0.25) is 0 Å². The largest absolute Gasteiger partial charge is 0.449 e. The maximum absolute atomic E-state index is 11.9. The van der Waals surface area contributed by atoms with Gasteiger partial charge in [-0.05, 0) is 36.4 Å². The number of amides is 1. The standard InChI is InChI=1S/C18H19NO3S/c1-14(22-17(20)10-9-16-8-5-13-23-16)18(21)19-12-11-15-6-3-2-4-7-15/h2-10,13-14H,11-12H2,1H3,(H,19,21)/b10-9+/t14-/m1/s1. The molecule has 1 N–H and O–H groups in total. The van der Waals surface area contributed by atoms with E-state index in [-0.39, 0.29) is 5.91 Å². The van der Waals surface area contributed by atoms with E-state index in [1.807, 2.05) is 47.8 Å². The first-order valence-electron chi connectivity index (χ1n) is 7.39. The molecule has 0 spiro atoms. The normalized spacial score (nSPS) is 12.0. The Morgan fingerprint density at radius 2 is 2.00 bits per heavy atom. The van der Waals surface area contributed by atoms with E-state index in [1.165, 1.54) is 17.4 Å². The van der Waals surface area contributed by atoms with Crippen molar-refractivity contribution in [1.29, 1.82) is 0 Å². The van der Waals surface area contributed by atoms with Crippen molar-refractivity contribution in [3.63, 3.8) is 0 Å². The zero-order chi connectivity index (χ0) is 16.5. The van der Waals surface area contributed by atoms with Crippen LogP contribution in [0.3, 0.4) is 0 Å². The lowest BCUT2D eigenvalue weighted by atomic mass is 10.1. The molecular weight excluding hydrogens is 310 g/mol. The van der Waals surface area contributed by atoms with Gasteiger partial charge < -0.3 is 10.1 Å². The minimum atomic E-state index is -0.814. The highest BCUT2D eigenvalue weighted by Crippen LogP contribution is 2.10. The molecule has 2 aromatic rings. The molecule has 1 amide bonds. The van der Waals surface area contributed by atoms with Crippen LogP contribution in [0.25, 0.3) is 6.08 Å². The number of nitrogens with one attached hydrogen (secondary N) is 1. The first-order valence-corrected chi connectivity index (χ1v) is 8.27. The van der Waals surface area contributed by atoms with Gasteiger partial charge in [0.05, 0.1) is 0 Å². The Bertz CT molecular complexity index is 650. The predicted molar refractivity (Wildman–Crippen MR) is 92.1 cm³/mol. The maximum Gasteiger partial charge on any atom is 0.331 e. The lowest BCUT2D eigenvalue weighted by Crippen LogP contribution is -2.36. The summed E-state index contributed by atoms with van der Waals surface area (Å²) in [5, 5.41) is 4.69. The predicted octanol–water partition coefficient (Wildman–Crippen LogP) is 3.05. The van der Waals surface area contributed by atoms with Crippen molar-refractivity contribution in [1.82, 2.24) is 5.32 Å². The Balaban J connectivity index is 1.70. The van der Waals surface area contributed by atoms with Gasteiger partial charge in [-0.2, -0.15) is 0 Å². The van der Waals surface area contributed by atoms with E-state index in [9.17, 15) is 9.59 Å². The molecule has 4 nitrogen and oxygen atoms in total. The van der Waals surface area contributed by atoms with Crippen LogP contribution in [-0.2, 0) is 20.7 Å². The Morgan fingerprint density at radius 3 is 2.70 bits per heavy atom. The highest BCUT2D eigenvalue weighted by Gasteiger charge is 2.15. The highest BCUT2D eigenvalue weighted by atomic mass is 32.1. The van der Waals surface area contributed by atoms with E-state index in [0.29, 0.717) is 6.54 Å². The van der Waals surface area contributed by atoms with Gasteiger partial charge in [-0.15, -0.1) is 11.3 Å². The number of ether oxygens (including phenoxy) is 1. The lowest BCUT2D eigenvalue weighted by Gasteiger charge is -2.12. The smallest absolute Gasteiger partial charge is 0.331 e. The number of benzene rings is 1. The third-order valence-electron chi connectivity index (χ3n) is 3.14. The molecule has 0 bridgehead atoms. The zero-order valence-electron chi connectivity index (χ0n) is 12.9. The second-order valence-electron chi connectivity index (χ2n) is 4.95. The molecule has 0 aliphatic heterocycles. The number of hydrogen-bond donors (Lipinski definition) is 1. The number of esters is 1. The molecule has 5 heteroatoms. The molecule has 1 aromatic heterocycles. The van der Waals surface area contributed by atoms with E-state index in [4.69, 9.17) is 4.74 Å². The number of thiophene rings is 1. The minimum Gasteiger partial charge on any atom is -0.449 e. The number of carbonyl (C=O) groups is 2. The van der Waals surface area contributed by atoms with Gasteiger partial charge in [0.15, 0.2) is 6.10 Å². The molecule has 120 valence electrons. The quantitative estimate of drug-likeness (QED) is 0.627. The maximum atomic E-state index is 11.9. The van der Waals surface area contributed by atoms with Gasteiger partial charge in [0, 0.05) is 17.5 Å². The van der Waals surface area contributed by atoms with Crippen molar-refractivity contribution in [2.75, 3.05) is 6.54 Å².